The van der Waals surface area contributed by atoms with Gasteiger partial charge in [-0.25, -0.2) is 9.37 Å². The number of halogens is 7. The first-order valence-electron chi connectivity index (χ1n) is 13.3. The number of carbonyl (C=O) groups excluding carboxylic acids is 1. The van der Waals surface area contributed by atoms with Crippen LogP contribution < -0.4 is 0 Å². The number of rotatable bonds is 6. The Bertz CT molecular complexity index is 1500. The van der Waals surface area contributed by atoms with Crippen LogP contribution in [0.5, 0.6) is 0 Å². The van der Waals surface area contributed by atoms with Crippen molar-refractivity contribution in [1.29, 1.82) is 0 Å². The maximum Gasteiger partial charge on any atom is 0.416 e. The number of hydrogen-bond acceptors (Lipinski definition) is 2. The Hall–Kier alpha value is -4.15. The Kier molecular flexibility index (Phi) is 8.12. The Morgan fingerprint density at radius 2 is 1.40 bits per heavy atom. The largest absolute Gasteiger partial charge is 0.416 e. The van der Waals surface area contributed by atoms with Gasteiger partial charge in [-0.3, -0.25) is 9.36 Å². The van der Waals surface area contributed by atoms with E-state index in [-0.39, 0.29) is 28.9 Å². The van der Waals surface area contributed by atoms with Gasteiger partial charge in [-0.2, -0.15) is 26.3 Å². The van der Waals surface area contributed by atoms with E-state index in [1.807, 2.05) is 0 Å². The molecule has 4 aromatic rings. The molecule has 1 amide bonds. The maximum atomic E-state index is 13.3. The van der Waals surface area contributed by atoms with E-state index in [1.54, 1.807) is 21.6 Å². The lowest BCUT2D eigenvalue weighted by Crippen LogP contribution is -2.39. The molecule has 1 saturated heterocycles. The molecule has 5 rings (SSSR count). The average molecular weight is 590 g/mol. The second kappa shape index (κ2) is 11.6. The number of aryl methyl sites for hydroxylation is 1. The summed E-state index contributed by atoms with van der Waals surface area (Å²) >= 11 is 0. The van der Waals surface area contributed by atoms with E-state index in [0.29, 0.717) is 42.5 Å². The molecule has 3 aromatic carbocycles. The number of nitrogens with zero attached hydrogens (tertiary/aromatic N) is 3. The van der Waals surface area contributed by atoms with E-state index < -0.39 is 23.5 Å². The summed E-state index contributed by atoms with van der Waals surface area (Å²) < 4.78 is 94.4. The average Bonchev–Trinajstić information content (AvgIpc) is 3.46. The standard InChI is InChI=1S/C31H26F7N3O/c32-26-7-3-20(4-8-26)1-2-21-11-13-40(14-12-21)29(42)28-18-39-19-41(28)27-9-5-22(6-10-27)23-15-24(30(33,34)35)17-25(16-23)31(36,37)38/h3-10,15-19,21H,1-2,11-14H2. The summed E-state index contributed by atoms with van der Waals surface area (Å²) in [4.78, 5) is 19.2. The number of imidazole rings is 1. The Balaban J connectivity index is 1.27. The van der Waals surface area contributed by atoms with E-state index >= 15 is 0 Å². The van der Waals surface area contributed by atoms with Crippen molar-refractivity contribution in [3.63, 3.8) is 0 Å². The lowest BCUT2D eigenvalue weighted by molar-refractivity contribution is -0.143. The number of alkyl halides is 6. The van der Waals surface area contributed by atoms with Gasteiger partial charge in [0.1, 0.15) is 11.5 Å². The van der Waals surface area contributed by atoms with Crippen LogP contribution in [0.1, 0.15) is 46.4 Å². The molecule has 1 aliphatic heterocycles. The third-order valence-corrected chi connectivity index (χ3v) is 7.58. The Morgan fingerprint density at radius 1 is 0.810 bits per heavy atom. The van der Waals surface area contributed by atoms with Crippen LogP contribution in [0.25, 0.3) is 16.8 Å². The van der Waals surface area contributed by atoms with Gasteiger partial charge in [0.25, 0.3) is 5.91 Å². The molecular weight excluding hydrogens is 563 g/mol. The highest BCUT2D eigenvalue weighted by atomic mass is 19.4. The predicted octanol–water partition coefficient (Wildman–Crippen LogP) is 8.20. The molecule has 220 valence electrons. The number of benzene rings is 3. The normalized spacial score (nSPS) is 14.8. The van der Waals surface area contributed by atoms with Crippen molar-refractivity contribution in [1.82, 2.24) is 14.5 Å². The number of amides is 1. The molecule has 0 bridgehead atoms. The van der Waals surface area contributed by atoms with Gasteiger partial charge in [-0.1, -0.05) is 24.3 Å². The fourth-order valence-corrected chi connectivity index (χ4v) is 5.20. The third kappa shape index (κ3) is 6.66. The minimum absolute atomic E-state index is 0.0929. The molecule has 4 nitrogen and oxygen atoms in total. The van der Waals surface area contributed by atoms with E-state index in [0.717, 1.165) is 31.2 Å². The lowest BCUT2D eigenvalue weighted by atomic mass is 9.90. The molecule has 0 spiro atoms. The van der Waals surface area contributed by atoms with Crippen LogP contribution in [-0.2, 0) is 18.8 Å². The summed E-state index contributed by atoms with van der Waals surface area (Å²) in [6, 6.07) is 13.8. The third-order valence-electron chi connectivity index (χ3n) is 7.58. The molecule has 42 heavy (non-hydrogen) atoms. The summed E-state index contributed by atoms with van der Waals surface area (Å²) in [7, 11) is 0. The fourth-order valence-electron chi connectivity index (χ4n) is 5.20. The SMILES string of the molecule is O=C(c1cncn1-c1ccc(-c2cc(C(F)(F)F)cc(C(F)(F)F)c2)cc1)N1CCC(CCc2ccc(F)cc2)CC1. The van der Waals surface area contributed by atoms with Crippen LogP contribution in [0.4, 0.5) is 30.7 Å². The van der Waals surface area contributed by atoms with Crippen LogP contribution in [0.3, 0.4) is 0 Å². The molecule has 0 saturated carbocycles. The quantitative estimate of drug-likeness (QED) is 0.213. The van der Waals surface area contributed by atoms with Crippen LogP contribution in [0.15, 0.2) is 79.3 Å². The number of hydrogen-bond donors (Lipinski definition) is 0. The molecule has 0 aliphatic carbocycles. The summed E-state index contributed by atoms with van der Waals surface area (Å²) in [5.74, 6) is -0.0532. The molecule has 0 atom stereocenters. The lowest BCUT2D eigenvalue weighted by Gasteiger charge is -2.32. The van der Waals surface area contributed by atoms with Gasteiger partial charge in [0.15, 0.2) is 0 Å². The van der Waals surface area contributed by atoms with Crippen molar-refractivity contribution in [3.8, 4) is 16.8 Å². The molecule has 0 radical (unpaired) electrons. The van der Waals surface area contributed by atoms with Crippen molar-refractivity contribution in [2.75, 3.05) is 13.1 Å². The minimum atomic E-state index is -4.95. The summed E-state index contributed by atoms with van der Waals surface area (Å²) in [5, 5.41) is 0. The van der Waals surface area contributed by atoms with E-state index in [1.165, 1.54) is 48.9 Å². The molecular formula is C31H26F7N3O. The Labute approximate surface area is 237 Å². The van der Waals surface area contributed by atoms with Gasteiger partial charge < -0.3 is 4.90 Å². The first-order valence-corrected chi connectivity index (χ1v) is 13.3. The predicted molar refractivity (Wildman–Crippen MR) is 142 cm³/mol. The van der Waals surface area contributed by atoms with Crippen LogP contribution in [0, 0.1) is 11.7 Å². The van der Waals surface area contributed by atoms with E-state index in [2.05, 4.69) is 4.98 Å². The molecule has 2 heterocycles. The molecule has 1 aliphatic rings. The van der Waals surface area contributed by atoms with Crippen molar-refractivity contribution in [2.24, 2.45) is 5.92 Å². The summed E-state index contributed by atoms with van der Waals surface area (Å²) in [5.41, 5.74) is -1.00. The highest BCUT2D eigenvalue weighted by Gasteiger charge is 2.37. The molecule has 11 heteroatoms. The zero-order valence-corrected chi connectivity index (χ0v) is 22.2. The van der Waals surface area contributed by atoms with Gasteiger partial charge in [0.2, 0.25) is 0 Å². The van der Waals surface area contributed by atoms with Gasteiger partial charge in [0.05, 0.1) is 23.7 Å². The van der Waals surface area contributed by atoms with Gasteiger partial charge >= 0.3 is 12.4 Å². The fraction of sp³-hybridized carbons (Fsp3) is 0.290. The second-order valence-corrected chi connectivity index (χ2v) is 10.4. The zero-order chi connectivity index (χ0) is 30.1. The summed E-state index contributed by atoms with van der Waals surface area (Å²) in [6.45, 7) is 1.13. The zero-order valence-electron chi connectivity index (χ0n) is 22.2. The first kappa shape index (κ1) is 29.3. The van der Waals surface area contributed by atoms with Crippen molar-refractivity contribution in [3.05, 3.63) is 107 Å². The van der Waals surface area contributed by atoms with Gasteiger partial charge in [0, 0.05) is 18.8 Å². The van der Waals surface area contributed by atoms with Crippen LogP contribution >= 0.6 is 0 Å². The summed E-state index contributed by atoms with van der Waals surface area (Å²) in [6.07, 6.45) is -3.60. The number of carbonyl (C=O) groups is 1. The molecule has 1 aromatic heterocycles. The number of likely N-dealkylation sites (tertiary alicyclic amines) is 1. The smallest absolute Gasteiger partial charge is 0.337 e. The van der Waals surface area contributed by atoms with Crippen LogP contribution in [-0.4, -0.2) is 33.4 Å². The monoisotopic (exact) mass is 589 g/mol. The minimum Gasteiger partial charge on any atom is -0.337 e. The second-order valence-electron chi connectivity index (χ2n) is 10.4. The molecule has 0 N–H and O–H groups in total. The van der Waals surface area contributed by atoms with Crippen molar-refractivity contribution >= 4 is 5.91 Å². The topological polar surface area (TPSA) is 38.1 Å². The number of aromatic nitrogens is 2. The van der Waals surface area contributed by atoms with Crippen molar-refractivity contribution in [2.45, 2.75) is 38.0 Å². The van der Waals surface area contributed by atoms with Crippen LogP contribution in [0.2, 0.25) is 0 Å². The maximum absolute atomic E-state index is 13.3. The van der Waals surface area contributed by atoms with Crippen molar-refractivity contribution < 1.29 is 35.5 Å². The van der Waals surface area contributed by atoms with E-state index in [4.69, 9.17) is 0 Å². The number of piperidine rings is 1. The van der Waals surface area contributed by atoms with E-state index in [9.17, 15) is 35.5 Å². The Morgan fingerprint density at radius 3 is 1.98 bits per heavy atom. The first-order chi connectivity index (χ1) is 19.9. The van der Waals surface area contributed by atoms with Gasteiger partial charge in [-0.15, -0.1) is 0 Å². The molecule has 1 fully saturated rings. The highest BCUT2D eigenvalue weighted by Crippen LogP contribution is 2.39. The highest BCUT2D eigenvalue weighted by molar-refractivity contribution is 5.93. The van der Waals surface area contributed by atoms with Gasteiger partial charge in [-0.05, 0) is 90.8 Å². The molecule has 0 unspecified atom stereocenters.